The molecule has 1 aromatic heterocycles. The summed E-state index contributed by atoms with van der Waals surface area (Å²) in [5, 5.41) is 3.12. The Morgan fingerprint density at radius 2 is 2.26 bits per heavy atom. The number of thioether (sulfide) groups is 1. The number of H-pyrrole nitrogens is 1. The van der Waals surface area contributed by atoms with E-state index in [0.29, 0.717) is 18.8 Å². The lowest BCUT2D eigenvalue weighted by Gasteiger charge is -2.24. The van der Waals surface area contributed by atoms with Gasteiger partial charge in [-0.2, -0.15) is 11.8 Å². The number of nitrogens with one attached hydrogen (secondary N) is 2. The van der Waals surface area contributed by atoms with Crippen molar-refractivity contribution in [3.63, 3.8) is 0 Å². The molecule has 1 aromatic rings. The Morgan fingerprint density at radius 3 is 2.84 bits per heavy atom. The molecule has 1 atom stereocenters. The monoisotopic (exact) mass is 284 g/mol. The molecule has 1 aliphatic heterocycles. The van der Waals surface area contributed by atoms with Gasteiger partial charge in [-0.25, -0.2) is 4.79 Å². The number of nitrogens with two attached hydrogens (primary N) is 1. The van der Waals surface area contributed by atoms with Crippen molar-refractivity contribution in [1.29, 1.82) is 0 Å². The largest absolute Gasteiger partial charge is 0.383 e. The molecular formula is C12H20N4O2S. The van der Waals surface area contributed by atoms with Crippen LogP contribution in [-0.4, -0.2) is 26.6 Å². The van der Waals surface area contributed by atoms with Crippen LogP contribution >= 0.6 is 11.8 Å². The Labute approximate surface area is 115 Å². The van der Waals surface area contributed by atoms with Gasteiger partial charge in [0.1, 0.15) is 11.5 Å². The van der Waals surface area contributed by atoms with Gasteiger partial charge in [0, 0.05) is 17.8 Å². The Kier molecular flexibility index (Phi) is 3.93. The van der Waals surface area contributed by atoms with Crippen molar-refractivity contribution in [2.75, 3.05) is 23.3 Å². The molecule has 19 heavy (non-hydrogen) atoms. The maximum atomic E-state index is 11.8. The van der Waals surface area contributed by atoms with Crippen LogP contribution in [0.5, 0.6) is 0 Å². The molecule has 1 saturated heterocycles. The minimum Gasteiger partial charge on any atom is -0.383 e. The lowest BCUT2D eigenvalue weighted by atomic mass is 10.1. The van der Waals surface area contributed by atoms with Crippen molar-refractivity contribution < 1.29 is 0 Å². The highest BCUT2D eigenvalue weighted by molar-refractivity contribution is 8.00. The van der Waals surface area contributed by atoms with Crippen molar-refractivity contribution in [3.05, 3.63) is 20.8 Å². The van der Waals surface area contributed by atoms with Crippen LogP contribution in [0, 0.1) is 0 Å². The fraction of sp³-hybridized carbons (Fsp3) is 0.667. The normalized spacial score (nSPS) is 22.6. The number of nitrogen functional groups attached to an aromatic ring is 1. The molecule has 0 spiro atoms. The molecule has 0 aromatic carbocycles. The number of nitrogens with zero attached hydrogens (tertiary/aromatic N) is 1. The summed E-state index contributed by atoms with van der Waals surface area (Å²) in [5.41, 5.74) is 5.29. The zero-order chi connectivity index (χ0) is 14.0. The highest BCUT2D eigenvalue weighted by Gasteiger charge is 2.29. The Bertz CT molecular complexity index is 572. The van der Waals surface area contributed by atoms with E-state index in [1.807, 2.05) is 18.7 Å². The van der Waals surface area contributed by atoms with Crippen LogP contribution in [0.1, 0.15) is 26.7 Å². The number of aromatic nitrogens is 2. The first-order valence-corrected chi connectivity index (χ1v) is 7.46. The van der Waals surface area contributed by atoms with Crippen LogP contribution < -0.4 is 22.3 Å². The van der Waals surface area contributed by atoms with Crippen molar-refractivity contribution in [2.45, 2.75) is 38.0 Å². The lowest BCUT2D eigenvalue weighted by molar-refractivity contribution is 0.632. The molecule has 106 valence electrons. The third kappa shape index (κ3) is 2.80. The Hall–Kier alpha value is -1.37. The molecule has 6 nitrogen and oxygen atoms in total. The second kappa shape index (κ2) is 5.32. The first-order chi connectivity index (χ1) is 8.97. The summed E-state index contributed by atoms with van der Waals surface area (Å²) in [6.07, 6.45) is 2.32. The molecule has 1 fully saturated rings. The molecule has 0 saturated carbocycles. The molecule has 4 N–H and O–H groups in total. The van der Waals surface area contributed by atoms with E-state index in [-0.39, 0.29) is 10.6 Å². The molecular weight excluding hydrogens is 264 g/mol. The van der Waals surface area contributed by atoms with Gasteiger partial charge >= 0.3 is 5.69 Å². The fourth-order valence-electron chi connectivity index (χ4n) is 2.32. The quantitative estimate of drug-likeness (QED) is 0.762. The van der Waals surface area contributed by atoms with Crippen LogP contribution in [0.15, 0.2) is 9.59 Å². The predicted octanol–water partition coefficient (Wildman–Crippen LogP) is 0.836. The highest BCUT2D eigenvalue weighted by atomic mass is 32.2. The second-order valence-electron chi connectivity index (χ2n) is 5.02. The van der Waals surface area contributed by atoms with Gasteiger partial charge in [0.25, 0.3) is 5.56 Å². The number of aromatic amines is 1. The van der Waals surface area contributed by atoms with Crippen molar-refractivity contribution >= 4 is 23.3 Å². The van der Waals surface area contributed by atoms with Crippen LogP contribution in [0.4, 0.5) is 11.5 Å². The predicted molar refractivity (Wildman–Crippen MR) is 80.0 cm³/mol. The van der Waals surface area contributed by atoms with E-state index in [0.717, 1.165) is 12.2 Å². The molecule has 1 unspecified atom stereocenters. The highest BCUT2D eigenvalue weighted by Crippen LogP contribution is 2.37. The molecule has 0 radical (unpaired) electrons. The van der Waals surface area contributed by atoms with Gasteiger partial charge in [-0.1, -0.05) is 0 Å². The topological polar surface area (TPSA) is 92.9 Å². The van der Waals surface area contributed by atoms with Crippen molar-refractivity contribution in [1.82, 2.24) is 9.55 Å². The van der Waals surface area contributed by atoms with E-state index in [1.165, 1.54) is 11.0 Å². The van der Waals surface area contributed by atoms with Crippen LogP contribution in [0.3, 0.4) is 0 Å². The van der Waals surface area contributed by atoms with E-state index < -0.39 is 11.2 Å². The Balaban J connectivity index is 2.25. The van der Waals surface area contributed by atoms with Gasteiger partial charge in [0.2, 0.25) is 0 Å². The SMILES string of the molecule is CCn1c(N)c(NCC2(C)CCCS2)c(=O)[nH]c1=O. The van der Waals surface area contributed by atoms with Gasteiger partial charge in [0.05, 0.1) is 0 Å². The third-order valence-electron chi connectivity index (χ3n) is 3.50. The van der Waals surface area contributed by atoms with Crippen LogP contribution in [-0.2, 0) is 6.54 Å². The molecule has 7 heteroatoms. The Morgan fingerprint density at radius 1 is 1.53 bits per heavy atom. The first-order valence-electron chi connectivity index (χ1n) is 6.47. The average molecular weight is 284 g/mol. The maximum Gasteiger partial charge on any atom is 0.330 e. The van der Waals surface area contributed by atoms with E-state index in [4.69, 9.17) is 5.73 Å². The second-order valence-corrected chi connectivity index (χ2v) is 6.70. The maximum absolute atomic E-state index is 11.8. The van der Waals surface area contributed by atoms with Crippen molar-refractivity contribution in [3.8, 4) is 0 Å². The number of anilines is 2. The summed E-state index contributed by atoms with van der Waals surface area (Å²) in [6.45, 7) is 5.10. The summed E-state index contributed by atoms with van der Waals surface area (Å²) in [5.74, 6) is 1.36. The van der Waals surface area contributed by atoms with E-state index in [9.17, 15) is 9.59 Å². The summed E-state index contributed by atoms with van der Waals surface area (Å²) in [6, 6.07) is 0. The standard InChI is InChI=1S/C12H20N4O2S/c1-3-16-9(13)8(10(17)15-11(16)18)14-7-12(2)5-4-6-19-12/h14H,3-7,13H2,1-2H3,(H,15,17,18). The number of rotatable bonds is 4. The smallest absolute Gasteiger partial charge is 0.330 e. The molecule has 0 bridgehead atoms. The summed E-state index contributed by atoms with van der Waals surface area (Å²) in [4.78, 5) is 25.7. The first kappa shape index (κ1) is 14.0. The molecule has 1 aliphatic rings. The number of hydrogen-bond donors (Lipinski definition) is 3. The van der Waals surface area contributed by atoms with Gasteiger partial charge in [-0.3, -0.25) is 14.3 Å². The zero-order valence-electron chi connectivity index (χ0n) is 11.3. The van der Waals surface area contributed by atoms with Gasteiger partial charge in [-0.15, -0.1) is 0 Å². The fourth-order valence-corrected chi connectivity index (χ4v) is 3.57. The van der Waals surface area contributed by atoms with Gasteiger partial charge in [-0.05, 0) is 32.4 Å². The zero-order valence-corrected chi connectivity index (χ0v) is 12.1. The third-order valence-corrected chi connectivity index (χ3v) is 5.03. The lowest BCUT2D eigenvalue weighted by Crippen LogP contribution is -2.36. The number of hydrogen-bond acceptors (Lipinski definition) is 5. The summed E-state index contributed by atoms with van der Waals surface area (Å²) in [7, 11) is 0. The molecule has 2 rings (SSSR count). The van der Waals surface area contributed by atoms with Gasteiger partial charge in [0.15, 0.2) is 0 Å². The summed E-state index contributed by atoms with van der Waals surface area (Å²) >= 11 is 1.90. The van der Waals surface area contributed by atoms with E-state index in [1.54, 1.807) is 0 Å². The summed E-state index contributed by atoms with van der Waals surface area (Å²) < 4.78 is 1.49. The average Bonchev–Trinajstić information content (AvgIpc) is 2.76. The molecule has 0 aliphatic carbocycles. The van der Waals surface area contributed by atoms with E-state index >= 15 is 0 Å². The minimum absolute atomic E-state index is 0.131. The van der Waals surface area contributed by atoms with Crippen LogP contribution in [0.25, 0.3) is 0 Å². The van der Waals surface area contributed by atoms with Gasteiger partial charge < -0.3 is 11.1 Å². The van der Waals surface area contributed by atoms with E-state index in [2.05, 4.69) is 17.2 Å². The van der Waals surface area contributed by atoms with Crippen LogP contribution in [0.2, 0.25) is 0 Å². The minimum atomic E-state index is -0.461. The molecule has 2 heterocycles. The van der Waals surface area contributed by atoms with Crippen molar-refractivity contribution in [2.24, 2.45) is 0 Å². The molecule has 0 amide bonds.